The van der Waals surface area contributed by atoms with Crippen molar-refractivity contribution in [1.82, 2.24) is 24.3 Å². The zero-order valence-electron chi connectivity index (χ0n) is 20.4. The maximum atomic E-state index is 11.8. The average Bonchev–Trinajstić information content (AvgIpc) is 3.45. The molecule has 190 valence electrons. The third-order valence-electron chi connectivity index (χ3n) is 7.53. The zero-order chi connectivity index (χ0) is 25.4. The number of amides is 1. The van der Waals surface area contributed by atoms with Crippen LogP contribution < -0.4 is 11.1 Å². The highest BCUT2D eigenvalue weighted by atomic mass is 32.2. The van der Waals surface area contributed by atoms with Crippen LogP contribution in [0.25, 0.3) is 16.8 Å². The summed E-state index contributed by atoms with van der Waals surface area (Å²) in [6.45, 7) is 1.69. The van der Waals surface area contributed by atoms with Crippen LogP contribution in [0.1, 0.15) is 24.8 Å². The number of hydrogen-bond acceptors (Lipinski definition) is 8. The second-order valence-electron chi connectivity index (χ2n) is 9.75. The van der Waals surface area contributed by atoms with Gasteiger partial charge in [-0.2, -0.15) is 0 Å². The highest BCUT2D eigenvalue weighted by Gasteiger charge is 2.56. The van der Waals surface area contributed by atoms with Crippen molar-refractivity contribution in [3.63, 3.8) is 0 Å². The fraction of sp³-hybridized carbons (Fsp3) is 0.333. The fourth-order valence-corrected chi connectivity index (χ4v) is 6.76. The lowest BCUT2D eigenvalue weighted by molar-refractivity contribution is -0.135. The SMILES string of the molecule is Nc1nccn2c(SC3CC34CCN(C(=O)CO)CC4)nc(-c3ccc(CNc4ccccn4)cc3)c12. The number of pyridine rings is 1. The van der Waals surface area contributed by atoms with E-state index < -0.39 is 6.61 Å². The van der Waals surface area contributed by atoms with Crippen molar-refractivity contribution in [3.05, 3.63) is 66.6 Å². The minimum Gasteiger partial charge on any atom is -0.387 e. The van der Waals surface area contributed by atoms with E-state index >= 15 is 0 Å². The van der Waals surface area contributed by atoms with Gasteiger partial charge in [0.05, 0.1) is 0 Å². The molecule has 10 heteroatoms. The first-order valence-electron chi connectivity index (χ1n) is 12.5. The molecule has 1 amide bonds. The van der Waals surface area contributed by atoms with E-state index in [-0.39, 0.29) is 11.3 Å². The van der Waals surface area contributed by atoms with E-state index in [9.17, 15) is 4.79 Å². The Morgan fingerprint density at radius 2 is 1.95 bits per heavy atom. The fourth-order valence-electron chi connectivity index (χ4n) is 5.19. The highest BCUT2D eigenvalue weighted by Crippen LogP contribution is 2.61. The number of anilines is 2. The van der Waals surface area contributed by atoms with Crippen LogP contribution in [0.3, 0.4) is 0 Å². The van der Waals surface area contributed by atoms with E-state index in [1.54, 1.807) is 29.1 Å². The summed E-state index contributed by atoms with van der Waals surface area (Å²) in [5, 5.41) is 13.9. The lowest BCUT2D eigenvalue weighted by Crippen LogP contribution is -2.41. The average molecular weight is 516 g/mol. The number of aliphatic hydroxyl groups is 1. The van der Waals surface area contributed by atoms with Gasteiger partial charge in [-0.05, 0) is 42.4 Å². The summed E-state index contributed by atoms with van der Waals surface area (Å²) in [5.41, 5.74) is 10.4. The second kappa shape index (κ2) is 9.68. The zero-order valence-corrected chi connectivity index (χ0v) is 21.2. The van der Waals surface area contributed by atoms with Gasteiger partial charge >= 0.3 is 0 Å². The highest BCUT2D eigenvalue weighted by molar-refractivity contribution is 8.00. The molecule has 3 aromatic heterocycles. The lowest BCUT2D eigenvalue weighted by Gasteiger charge is -2.32. The van der Waals surface area contributed by atoms with Gasteiger partial charge in [0.25, 0.3) is 0 Å². The molecule has 1 aliphatic carbocycles. The summed E-state index contributed by atoms with van der Waals surface area (Å²) in [4.78, 5) is 27.3. The molecule has 1 unspecified atom stereocenters. The summed E-state index contributed by atoms with van der Waals surface area (Å²) in [7, 11) is 0. The number of piperidine rings is 1. The molecule has 2 fully saturated rings. The van der Waals surface area contributed by atoms with Gasteiger partial charge in [0.2, 0.25) is 5.91 Å². The predicted octanol–water partition coefficient (Wildman–Crippen LogP) is 3.45. The number of imidazole rings is 1. The lowest BCUT2D eigenvalue weighted by atomic mass is 9.93. The molecule has 4 N–H and O–H groups in total. The normalized spacial score (nSPS) is 18.3. The van der Waals surface area contributed by atoms with E-state index in [0.29, 0.717) is 30.7 Å². The van der Waals surface area contributed by atoms with E-state index in [0.717, 1.165) is 52.6 Å². The number of benzene rings is 1. The number of thioether (sulfide) groups is 1. The largest absolute Gasteiger partial charge is 0.387 e. The van der Waals surface area contributed by atoms with Gasteiger partial charge in [-0.15, -0.1) is 0 Å². The number of nitrogens with one attached hydrogen (secondary N) is 1. The third kappa shape index (κ3) is 4.62. The van der Waals surface area contributed by atoms with Crippen molar-refractivity contribution in [1.29, 1.82) is 0 Å². The smallest absolute Gasteiger partial charge is 0.248 e. The number of rotatable bonds is 7. The summed E-state index contributed by atoms with van der Waals surface area (Å²) in [6, 6.07) is 14.1. The van der Waals surface area contributed by atoms with Gasteiger partial charge in [-0.1, -0.05) is 42.1 Å². The van der Waals surface area contributed by atoms with Crippen molar-refractivity contribution >= 4 is 34.8 Å². The molecule has 1 saturated carbocycles. The van der Waals surface area contributed by atoms with Crippen molar-refractivity contribution in [2.45, 2.75) is 36.2 Å². The van der Waals surface area contributed by atoms with Gasteiger partial charge in [0.15, 0.2) is 5.16 Å². The van der Waals surface area contributed by atoms with Crippen LogP contribution in [0.15, 0.2) is 66.2 Å². The molecule has 0 radical (unpaired) electrons. The van der Waals surface area contributed by atoms with Crippen LogP contribution >= 0.6 is 11.8 Å². The molecule has 1 saturated heterocycles. The van der Waals surface area contributed by atoms with Crippen molar-refractivity contribution < 1.29 is 9.90 Å². The number of carbonyl (C=O) groups is 1. The number of aliphatic hydroxyl groups excluding tert-OH is 1. The molecule has 4 heterocycles. The summed E-state index contributed by atoms with van der Waals surface area (Å²) < 4.78 is 2.05. The minimum atomic E-state index is -0.412. The number of nitrogen functional groups attached to an aromatic ring is 1. The second-order valence-corrected chi connectivity index (χ2v) is 10.9. The Labute approximate surface area is 219 Å². The molecule has 4 aromatic rings. The number of aromatic nitrogens is 4. The van der Waals surface area contributed by atoms with Gasteiger partial charge in [0, 0.05) is 49.0 Å². The monoisotopic (exact) mass is 515 g/mol. The molecule has 37 heavy (non-hydrogen) atoms. The Kier molecular flexibility index (Phi) is 6.21. The number of nitrogens with two attached hydrogens (primary N) is 1. The first kappa shape index (κ1) is 23.7. The van der Waals surface area contributed by atoms with Gasteiger partial charge in [0.1, 0.15) is 29.5 Å². The molecule has 2 aliphatic rings. The van der Waals surface area contributed by atoms with E-state index in [2.05, 4.69) is 44.0 Å². The van der Waals surface area contributed by atoms with E-state index in [1.807, 2.05) is 24.4 Å². The summed E-state index contributed by atoms with van der Waals surface area (Å²) in [6.07, 6.45) is 8.45. The maximum Gasteiger partial charge on any atom is 0.248 e. The van der Waals surface area contributed by atoms with Crippen LogP contribution in [-0.2, 0) is 11.3 Å². The van der Waals surface area contributed by atoms with E-state index in [4.69, 9.17) is 15.8 Å². The van der Waals surface area contributed by atoms with Crippen molar-refractivity contribution in [2.75, 3.05) is 30.7 Å². The molecule has 0 bridgehead atoms. The van der Waals surface area contributed by atoms with Crippen LogP contribution in [0.5, 0.6) is 0 Å². The Hall–Kier alpha value is -3.63. The quantitative estimate of drug-likeness (QED) is 0.342. The van der Waals surface area contributed by atoms with Gasteiger partial charge in [-0.25, -0.2) is 15.0 Å². The molecular formula is C27H29N7O2S. The Morgan fingerprint density at radius 1 is 1.14 bits per heavy atom. The first-order valence-corrected chi connectivity index (χ1v) is 13.4. The summed E-state index contributed by atoms with van der Waals surface area (Å²) in [5.74, 6) is 1.12. The summed E-state index contributed by atoms with van der Waals surface area (Å²) >= 11 is 1.79. The molecule has 1 atom stereocenters. The number of hydrogen-bond donors (Lipinski definition) is 3. The van der Waals surface area contributed by atoms with Crippen molar-refractivity contribution in [2.24, 2.45) is 5.41 Å². The van der Waals surface area contributed by atoms with Gasteiger partial charge < -0.3 is 21.1 Å². The van der Waals surface area contributed by atoms with Crippen LogP contribution in [0.2, 0.25) is 0 Å². The maximum absolute atomic E-state index is 11.8. The topological polar surface area (TPSA) is 122 Å². The van der Waals surface area contributed by atoms with Crippen LogP contribution in [0, 0.1) is 5.41 Å². The van der Waals surface area contributed by atoms with Crippen LogP contribution in [-0.4, -0.2) is 60.2 Å². The molecule has 9 nitrogen and oxygen atoms in total. The Morgan fingerprint density at radius 3 is 2.68 bits per heavy atom. The van der Waals surface area contributed by atoms with Crippen LogP contribution in [0.4, 0.5) is 11.6 Å². The van der Waals surface area contributed by atoms with E-state index in [1.165, 1.54) is 0 Å². The number of nitrogens with zero attached hydrogens (tertiary/aromatic N) is 5. The molecule has 6 rings (SSSR count). The standard InChI is InChI=1S/C27H29N7O2S/c28-25-24-23(19-6-4-18(5-7-19)16-31-21-3-1-2-10-29-21)32-26(34(24)14-11-30-25)37-20-15-27(20)8-12-33(13-9-27)22(36)17-35/h1-7,10-11,14,20,35H,8-9,12-13,15-17H2,(H2,28,30)(H,29,31). The minimum absolute atomic E-state index is 0.176. The molecule has 1 aromatic carbocycles. The molecule has 1 spiro atoms. The third-order valence-corrected chi connectivity index (χ3v) is 8.98. The van der Waals surface area contributed by atoms with Crippen molar-refractivity contribution in [3.8, 4) is 11.3 Å². The number of likely N-dealkylation sites (tertiary alicyclic amines) is 1. The first-order chi connectivity index (χ1) is 18.1. The van der Waals surface area contributed by atoms with Gasteiger partial charge in [-0.3, -0.25) is 9.20 Å². The molecule has 1 aliphatic heterocycles. The predicted molar refractivity (Wildman–Crippen MR) is 144 cm³/mol. The Bertz CT molecular complexity index is 1420. The Balaban J connectivity index is 1.20. The molecular weight excluding hydrogens is 486 g/mol. The number of fused-ring (bicyclic) bond motifs is 1. The number of carbonyl (C=O) groups excluding carboxylic acids is 1.